The molecule has 0 saturated carbocycles. The number of hydrogen-bond donors (Lipinski definition) is 2. The summed E-state index contributed by atoms with van der Waals surface area (Å²) in [6.45, 7) is 1.37. The minimum atomic E-state index is -3.09. The average molecular weight is 406 g/mol. The molecule has 2 atom stereocenters. The number of rotatable bonds is 4. The Morgan fingerprint density at radius 1 is 1.25 bits per heavy atom. The van der Waals surface area contributed by atoms with E-state index in [4.69, 9.17) is 0 Å². The number of nitrogens with one attached hydrogen (secondary N) is 2. The smallest absolute Gasteiger partial charge is 0.321 e. The Hall–Kier alpha value is -2.62. The number of benzene rings is 1. The molecule has 0 spiro atoms. The van der Waals surface area contributed by atoms with Gasteiger partial charge in [-0.1, -0.05) is 6.07 Å². The summed E-state index contributed by atoms with van der Waals surface area (Å²) in [6, 6.07) is 6.50. The van der Waals surface area contributed by atoms with E-state index in [0.29, 0.717) is 30.9 Å². The molecule has 0 radical (unpaired) electrons. The maximum atomic E-state index is 12.6. The lowest BCUT2D eigenvalue weighted by atomic mass is 10.1. The van der Waals surface area contributed by atoms with Gasteiger partial charge in [0.05, 0.1) is 17.4 Å². The summed E-state index contributed by atoms with van der Waals surface area (Å²) < 4.78 is 23.4. The molecule has 0 aromatic heterocycles. The van der Waals surface area contributed by atoms with Crippen LogP contribution in [0.25, 0.3) is 0 Å². The van der Waals surface area contributed by atoms with Crippen molar-refractivity contribution >= 4 is 39.1 Å². The van der Waals surface area contributed by atoms with Gasteiger partial charge in [0.1, 0.15) is 0 Å². The number of sulfone groups is 1. The summed E-state index contributed by atoms with van der Waals surface area (Å²) in [5, 5.41) is 5.55. The minimum absolute atomic E-state index is 0.0208. The quantitative estimate of drug-likeness (QED) is 0.741. The summed E-state index contributed by atoms with van der Waals surface area (Å²) in [4.78, 5) is 39.9. The van der Waals surface area contributed by atoms with Gasteiger partial charge in [-0.3, -0.25) is 14.5 Å². The van der Waals surface area contributed by atoms with E-state index in [-0.39, 0.29) is 48.4 Å². The van der Waals surface area contributed by atoms with Crippen LogP contribution < -0.4 is 15.5 Å². The van der Waals surface area contributed by atoms with Crippen molar-refractivity contribution in [1.29, 1.82) is 0 Å². The molecule has 4 rings (SSSR count). The van der Waals surface area contributed by atoms with Crippen LogP contribution in [-0.4, -0.2) is 68.3 Å². The van der Waals surface area contributed by atoms with Crippen molar-refractivity contribution in [2.45, 2.75) is 18.9 Å². The third kappa shape index (κ3) is 3.68. The van der Waals surface area contributed by atoms with Gasteiger partial charge in [-0.25, -0.2) is 13.2 Å². The summed E-state index contributed by atoms with van der Waals surface area (Å²) in [5.74, 6) is -0.902. The van der Waals surface area contributed by atoms with E-state index in [9.17, 15) is 22.8 Å². The molecular weight excluding hydrogens is 384 g/mol. The zero-order chi connectivity index (χ0) is 19.9. The van der Waals surface area contributed by atoms with Gasteiger partial charge in [-0.15, -0.1) is 0 Å². The van der Waals surface area contributed by atoms with Crippen molar-refractivity contribution in [2.75, 3.05) is 41.4 Å². The summed E-state index contributed by atoms with van der Waals surface area (Å²) >= 11 is 0. The van der Waals surface area contributed by atoms with Crippen LogP contribution in [0.3, 0.4) is 0 Å². The van der Waals surface area contributed by atoms with E-state index in [1.54, 1.807) is 34.1 Å². The van der Waals surface area contributed by atoms with Crippen LogP contribution in [-0.2, 0) is 19.4 Å². The molecule has 3 aliphatic heterocycles. The standard InChI is InChI=1S/C18H22N4O5S/c23-16-8-12(10-22(16)15-4-7-28(26,27)11-15)17(24)20-13-2-1-3-14(9-13)21-6-5-19-18(21)25/h1-3,9,12,15H,4-8,10-11H2,(H,19,25)(H,20,24). The number of urea groups is 1. The van der Waals surface area contributed by atoms with Crippen molar-refractivity contribution < 1.29 is 22.8 Å². The third-order valence-corrected chi connectivity index (χ3v) is 7.21. The molecule has 3 fully saturated rings. The second-order valence-electron chi connectivity index (χ2n) is 7.43. The highest BCUT2D eigenvalue weighted by Crippen LogP contribution is 2.28. The zero-order valence-electron chi connectivity index (χ0n) is 15.3. The maximum Gasteiger partial charge on any atom is 0.321 e. The Kier molecular flexibility index (Phi) is 4.74. The SMILES string of the molecule is O=C(Nc1cccc(N2CCNC2=O)c1)C1CC(=O)N(C2CCS(=O)(=O)C2)C1. The molecule has 0 aliphatic carbocycles. The minimum Gasteiger partial charge on any atom is -0.338 e. The van der Waals surface area contributed by atoms with Gasteiger partial charge in [0.25, 0.3) is 0 Å². The second kappa shape index (κ2) is 7.08. The lowest BCUT2D eigenvalue weighted by Gasteiger charge is -2.23. The number of carbonyl (C=O) groups excluding carboxylic acids is 3. The third-order valence-electron chi connectivity index (χ3n) is 5.46. The van der Waals surface area contributed by atoms with Crippen molar-refractivity contribution in [1.82, 2.24) is 10.2 Å². The fourth-order valence-corrected chi connectivity index (χ4v) is 5.73. The van der Waals surface area contributed by atoms with E-state index in [0.717, 1.165) is 0 Å². The van der Waals surface area contributed by atoms with Crippen molar-refractivity contribution in [3.05, 3.63) is 24.3 Å². The van der Waals surface area contributed by atoms with E-state index in [2.05, 4.69) is 10.6 Å². The van der Waals surface area contributed by atoms with Crippen molar-refractivity contribution in [3.8, 4) is 0 Å². The van der Waals surface area contributed by atoms with E-state index < -0.39 is 15.8 Å². The van der Waals surface area contributed by atoms with Crippen LogP contribution in [0.15, 0.2) is 24.3 Å². The maximum absolute atomic E-state index is 12.6. The molecule has 9 nitrogen and oxygen atoms in total. The largest absolute Gasteiger partial charge is 0.338 e. The highest BCUT2D eigenvalue weighted by molar-refractivity contribution is 7.91. The molecule has 3 heterocycles. The number of amides is 4. The molecule has 10 heteroatoms. The fraction of sp³-hybridized carbons (Fsp3) is 0.500. The van der Waals surface area contributed by atoms with Crippen molar-refractivity contribution in [2.24, 2.45) is 5.92 Å². The van der Waals surface area contributed by atoms with Gasteiger partial charge in [0.2, 0.25) is 11.8 Å². The molecular formula is C18H22N4O5S. The van der Waals surface area contributed by atoms with Gasteiger partial charge in [0.15, 0.2) is 9.84 Å². The van der Waals surface area contributed by atoms with Gasteiger partial charge < -0.3 is 15.5 Å². The molecule has 1 aromatic rings. The molecule has 0 bridgehead atoms. The predicted octanol–water partition coefficient (Wildman–Crippen LogP) is 0.190. The van der Waals surface area contributed by atoms with Crippen molar-refractivity contribution in [3.63, 3.8) is 0 Å². The molecule has 1 aromatic carbocycles. The molecule has 3 saturated heterocycles. The normalized spacial score (nSPS) is 26.6. The van der Waals surface area contributed by atoms with Gasteiger partial charge in [0, 0.05) is 43.5 Å². The Morgan fingerprint density at radius 3 is 2.75 bits per heavy atom. The Bertz CT molecular complexity index is 932. The second-order valence-corrected chi connectivity index (χ2v) is 9.66. The Labute approximate surface area is 163 Å². The van der Waals surface area contributed by atoms with E-state index in [1.807, 2.05) is 0 Å². The molecule has 150 valence electrons. The first-order valence-corrected chi connectivity index (χ1v) is 11.1. The topological polar surface area (TPSA) is 116 Å². The lowest BCUT2D eigenvalue weighted by Crippen LogP contribution is -2.38. The summed E-state index contributed by atoms with van der Waals surface area (Å²) in [7, 11) is -3.09. The monoisotopic (exact) mass is 406 g/mol. The van der Waals surface area contributed by atoms with Crippen LogP contribution in [0.4, 0.5) is 16.2 Å². The number of likely N-dealkylation sites (tertiary alicyclic amines) is 1. The van der Waals surface area contributed by atoms with Crippen LogP contribution >= 0.6 is 0 Å². The lowest BCUT2D eigenvalue weighted by molar-refractivity contribution is -0.129. The van der Waals surface area contributed by atoms with E-state index >= 15 is 0 Å². The average Bonchev–Trinajstić information content (AvgIpc) is 3.33. The highest BCUT2D eigenvalue weighted by atomic mass is 32.2. The first kappa shape index (κ1) is 18.7. The van der Waals surface area contributed by atoms with Crippen LogP contribution in [0.5, 0.6) is 0 Å². The number of nitrogens with zero attached hydrogens (tertiary/aromatic N) is 2. The zero-order valence-corrected chi connectivity index (χ0v) is 16.1. The first-order valence-electron chi connectivity index (χ1n) is 9.28. The predicted molar refractivity (Wildman–Crippen MR) is 103 cm³/mol. The number of hydrogen-bond acceptors (Lipinski definition) is 5. The Morgan fingerprint density at radius 2 is 2.07 bits per heavy atom. The van der Waals surface area contributed by atoms with Crippen LogP contribution in [0.2, 0.25) is 0 Å². The number of anilines is 2. The summed E-state index contributed by atoms with van der Waals surface area (Å²) in [6.07, 6.45) is 0.513. The Balaban J connectivity index is 1.40. The highest BCUT2D eigenvalue weighted by Gasteiger charge is 2.41. The van der Waals surface area contributed by atoms with Gasteiger partial charge in [-0.05, 0) is 24.6 Å². The molecule has 2 unspecified atom stereocenters. The first-order chi connectivity index (χ1) is 13.3. The van der Waals surface area contributed by atoms with Crippen LogP contribution in [0, 0.1) is 5.92 Å². The number of carbonyl (C=O) groups is 3. The fourth-order valence-electron chi connectivity index (χ4n) is 4.00. The van der Waals surface area contributed by atoms with Gasteiger partial charge >= 0.3 is 6.03 Å². The summed E-state index contributed by atoms with van der Waals surface area (Å²) in [5.41, 5.74) is 1.24. The van der Waals surface area contributed by atoms with Crippen LogP contribution in [0.1, 0.15) is 12.8 Å². The van der Waals surface area contributed by atoms with E-state index in [1.165, 1.54) is 0 Å². The molecule has 4 amide bonds. The molecule has 2 N–H and O–H groups in total. The molecule has 28 heavy (non-hydrogen) atoms. The van der Waals surface area contributed by atoms with Gasteiger partial charge in [-0.2, -0.15) is 0 Å². The molecule has 3 aliphatic rings.